The van der Waals surface area contributed by atoms with E-state index in [4.69, 9.17) is 0 Å². The summed E-state index contributed by atoms with van der Waals surface area (Å²) >= 11 is 0. The molecular formula is C19H42N6. The van der Waals surface area contributed by atoms with Crippen molar-refractivity contribution in [2.24, 2.45) is 4.99 Å². The van der Waals surface area contributed by atoms with E-state index in [0.29, 0.717) is 12.1 Å². The zero-order valence-corrected chi connectivity index (χ0v) is 17.5. The van der Waals surface area contributed by atoms with Crippen LogP contribution in [0.2, 0.25) is 0 Å². The van der Waals surface area contributed by atoms with E-state index in [0.717, 1.165) is 32.0 Å². The molecule has 6 nitrogen and oxygen atoms in total. The first-order valence-electron chi connectivity index (χ1n) is 10.0. The Morgan fingerprint density at radius 2 is 1.68 bits per heavy atom. The SMILES string of the molecule is CN=C(NCCCN1CCCN(C)CC1)NCCN(C(C)C)C(C)C. The van der Waals surface area contributed by atoms with Gasteiger partial charge in [0.25, 0.3) is 0 Å². The minimum atomic E-state index is 0.574. The van der Waals surface area contributed by atoms with Crippen LogP contribution in [0.5, 0.6) is 0 Å². The molecule has 0 atom stereocenters. The third-order valence-corrected chi connectivity index (χ3v) is 4.97. The van der Waals surface area contributed by atoms with E-state index in [2.05, 4.69) is 65.1 Å². The van der Waals surface area contributed by atoms with Gasteiger partial charge in [-0.1, -0.05) is 0 Å². The van der Waals surface area contributed by atoms with Crippen molar-refractivity contribution in [3.8, 4) is 0 Å². The predicted octanol–water partition coefficient (Wildman–Crippen LogP) is 1.30. The van der Waals surface area contributed by atoms with Crippen LogP contribution >= 0.6 is 0 Å². The van der Waals surface area contributed by atoms with Crippen LogP contribution in [-0.2, 0) is 0 Å². The van der Waals surface area contributed by atoms with Crippen LogP contribution in [0.3, 0.4) is 0 Å². The first kappa shape index (κ1) is 22.2. The van der Waals surface area contributed by atoms with Crippen molar-refractivity contribution in [3.05, 3.63) is 0 Å². The maximum Gasteiger partial charge on any atom is 0.191 e. The molecule has 1 rings (SSSR count). The summed E-state index contributed by atoms with van der Waals surface area (Å²) in [5.74, 6) is 0.920. The van der Waals surface area contributed by atoms with Crippen molar-refractivity contribution < 1.29 is 0 Å². The molecule has 0 aromatic heterocycles. The van der Waals surface area contributed by atoms with Gasteiger partial charge in [0, 0.05) is 51.9 Å². The zero-order chi connectivity index (χ0) is 18.7. The van der Waals surface area contributed by atoms with Crippen molar-refractivity contribution in [2.45, 2.75) is 52.6 Å². The minimum absolute atomic E-state index is 0.574. The summed E-state index contributed by atoms with van der Waals surface area (Å²) in [5, 5.41) is 6.89. The molecule has 0 radical (unpaired) electrons. The molecule has 0 amide bonds. The molecule has 0 bridgehead atoms. The van der Waals surface area contributed by atoms with Gasteiger partial charge in [-0.15, -0.1) is 0 Å². The highest BCUT2D eigenvalue weighted by Gasteiger charge is 2.13. The topological polar surface area (TPSA) is 46.1 Å². The Bertz CT molecular complexity index is 361. The monoisotopic (exact) mass is 354 g/mol. The lowest BCUT2D eigenvalue weighted by Gasteiger charge is -2.30. The van der Waals surface area contributed by atoms with Crippen LogP contribution < -0.4 is 10.6 Å². The van der Waals surface area contributed by atoms with E-state index >= 15 is 0 Å². The number of nitrogens with zero attached hydrogens (tertiary/aromatic N) is 4. The quantitative estimate of drug-likeness (QED) is 0.371. The second kappa shape index (κ2) is 12.5. The fourth-order valence-electron chi connectivity index (χ4n) is 3.47. The largest absolute Gasteiger partial charge is 0.356 e. The summed E-state index contributed by atoms with van der Waals surface area (Å²) in [6.07, 6.45) is 2.45. The third-order valence-electron chi connectivity index (χ3n) is 4.97. The summed E-state index contributed by atoms with van der Waals surface area (Å²) in [7, 11) is 4.07. The molecule has 1 fully saturated rings. The maximum absolute atomic E-state index is 4.34. The number of hydrogen-bond acceptors (Lipinski definition) is 4. The molecule has 148 valence electrons. The highest BCUT2D eigenvalue weighted by Crippen LogP contribution is 2.03. The summed E-state index contributed by atoms with van der Waals surface area (Å²) in [6, 6.07) is 1.15. The van der Waals surface area contributed by atoms with Crippen LogP contribution in [0, 0.1) is 0 Å². The number of aliphatic imine (C=N–C) groups is 1. The lowest BCUT2D eigenvalue weighted by atomic mass is 10.2. The van der Waals surface area contributed by atoms with Crippen LogP contribution in [-0.4, -0.2) is 99.2 Å². The number of guanidine groups is 1. The molecule has 0 aromatic carbocycles. The highest BCUT2D eigenvalue weighted by molar-refractivity contribution is 5.79. The van der Waals surface area contributed by atoms with Gasteiger partial charge in [0.2, 0.25) is 0 Å². The minimum Gasteiger partial charge on any atom is -0.356 e. The molecule has 1 aliphatic rings. The molecule has 0 aliphatic carbocycles. The smallest absolute Gasteiger partial charge is 0.191 e. The normalized spacial score (nSPS) is 18.2. The van der Waals surface area contributed by atoms with E-state index in [-0.39, 0.29) is 0 Å². The van der Waals surface area contributed by atoms with E-state index < -0.39 is 0 Å². The van der Waals surface area contributed by atoms with Gasteiger partial charge in [0.05, 0.1) is 0 Å². The van der Waals surface area contributed by atoms with Crippen LogP contribution in [0.1, 0.15) is 40.5 Å². The Morgan fingerprint density at radius 1 is 1.00 bits per heavy atom. The molecule has 1 saturated heterocycles. The molecule has 0 unspecified atom stereocenters. The number of rotatable bonds is 9. The van der Waals surface area contributed by atoms with Crippen molar-refractivity contribution in [3.63, 3.8) is 0 Å². The van der Waals surface area contributed by atoms with Crippen molar-refractivity contribution >= 4 is 5.96 Å². The summed E-state index contributed by atoms with van der Waals surface area (Å²) < 4.78 is 0. The van der Waals surface area contributed by atoms with Crippen molar-refractivity contribution in [2.75, 3.05) is 66.5 Å². The summed E-state index contributed by atoms with van der Waals surface area (Å²) in [4.78, 5) is 11.9. The fourth-order valence-corrected chi connectivity index (χ4v) is 3.47. The third kappa shape index (κ3) is 9.42. The average Bonchev–Trinajstić information content (AvgIpc) is 2.77. The Kier molecular flexibility index (Phi) is 11.1. The van der Waals surface area contributed by atoms with Crippen molar-refractivity contribution in [1.82, 2.24) is 25.3 Å². The molecule has 0 aromatic rings. The van der Waals surface area contributed by atoms with Gasteiger partial charge in [-0.05, 0) is 67.2 Å². The van der Waals surface area contributed by atoms with Crippen LogP contribution in [0.15, 0.2) is 4.99 Å². The summed E-state index contributed by atoms with van der Waals surface area (Å²) in [6.45, 7) is 18.0. The van der Waals surface area contributed by atoms with Gasteiger partial charge in [-0.25, -0.2) is 0 Å². The van der Waals surface area contributed by atoms with Crippen molar-refractivity contribution in [1.29, 1.82) is 0 Å². The predicted molar refractivity (Wildman–Crippen MR) is 110 cm³/mol. The average molecular weight is 355 g/mol. The molecule has 25 heavy (non-hydrogen) atoms. The maximum atomic E-state index is 4.34. The summed E-state index contributed by atoms with van der Waals surface area (Å²) in [5.41, 5.74) is 0. The first-order chi connectivity index (χ1) is 11.9. The number of likely N-dealkylation sites (N-methyl/N-ethyl adjacent to an activating group) is 1. The van der Waals surface area contributed by atoms with Crippen LogP contribution in [0.4, 0.5) is 0 Å². The Morgan fingerprint density at radius 3 is 2.32 bits per heavy atom. The molecule has 1 heterocycles. The molecule has 0 saturated carbocycles. The van der Waals surface area contributed by atoms with E-state index in [1.165, 1.54) is 39.1 Å². The number of nitrogens with one attached hydrogen (secondary N) is 2. The fraction of sp³-hybridized carbons (Fsp3) is 0.947. The highest BCUT2D eigenvalue weighted by atomic mass is 15.2. The molecule has 2 N–H and O–H groups in total. The van der Waals surface area contributed by atoms with Crippen LogP contribution in [0.25, 0.3) is 0 Å². The van der Waals surface area contributed by atoms with Gasteiger partial charge >= 0.3 is 0 Å². The molecule has 6 heteroatoms. The standard InChI is InChI=1S/C19H42N6/c1-17(2)25(18(3)4)14-10-22-19(20-5)21-9-7-12-24-13-8-11-23(6)15-16-24/h17-18H,7-16H2,1-6H3,(H2,20,21,22). The van der Waals surface area contributed by atoms with E-state index in [1.807, 2.05) is 7.05 Å². The van der Waals surface area contributed by atoms with Gasteiger partial charge in [-0.3, -0.25) is 9.89 Å². The molecule has 1 aliphatic heterocycles. The van der Waals surface area contributed by atoms with Gasteiger partial charge in [0.15, 0.2) is 5.96 Å². The van der Waals surface area contributed by atoms with Gasteiger partial charge in [-0.2, -0.15) is 0 Å². The van der Waals surface area contributed by atoms with Gasteiger partial charge < -0.3 is 20.4 Å². The lowest BCUT2D eigenvalue weighted by molar-refractivity contribution is 0.178. The Balaban J connectivity index is 2.17. The van der Waals surface area contributed by atoms with Gasteiger partial charge in [0.1, 0.15) is 0 Å². The second-order valence-electron chi connectivity index (χ2n) is 7.70. The van der Waals surface area contributed by atoms with E-state index in [1.54, 1.807) is 0 Å². The Labute approximate surface area is 156 Å². The first-order valence-corrected chi connectivity index (χ1v) is 10.0. The second-order valence-corrected chi connectivity index (χ2v) is 7.70. The molecule has 0 spiro atoms. The molecular weight excluding hydrogens is 312 g/mol. The lowest BCUT2D eigenvalue weighted by Crippen LogP contribution is -2.45. The Hall–Kier alpha value is -0.850. The number of hydrogen-bond donors (Lipinski definition) is 2. The van der Waals surface area contributed by atoms with E-state index in [9.17, 15) is 0 Å². The zero-order valence-electron chi connectivity index (χ0n) is 17.5.